The molecule has 132 valence electrons. The highest BCUT2D eigenvalue weighted by molar-refractivity contribution is 9.09. The van der Waals surface area contributed by atoms with Crippen LogP contribution in [0.4, 0.5) is 0 Å². The Bertz CT molecular complexity index is 628. The predicted molar refractivity (Wildman–Crippen MR) is 110 cm³/mol. The first-order valence-corrected chi connectivity index (χ1v) is 11.0. The molecule has 2 aromatic carbocycles. The number of unbranched alkanes of at least 4 members (excludes halogenated alkanes) is 2. The van der Waals surface area contributed by atoms with Gasteiger partial charge in [0, 0.05) is 16.2 Å². The third-order valence-electron chi connectivity index (χ3n) is 4.00. The van der Waals surface area contributed by atoms with E-state index in [-0.39, 0.29) is 0 Å². The maximum atomic E-state index is 6.00. The largest absolute Gasteiger partial charge is 0.494 e. The van der Waals surface area contributed by atoms with Crippen LogP contribution in [-0.2, 0) is 6.42 Å². The number of hydrogen-bond acceptors (Lipinski definition) is 2. The smallest absolute Gasteiger partial charge is 0.123 e. The first-order valence-electron chi connectivity index (χ1n) is 8.73. The highest BCUT2D eigenvalue weighted by Crippen LogP contribution is 2.31. The lowest BCUT2D eigenvalue weighted by molar-refractivity contribution is 0.307. The Morgan fingerprint density at radius 1 is 0.833 bits per heavy atom. The van der Waals surface area contributed by atoms with Crippen molar-refractivity contribution >= 4 is 42.6 Å². The number of aryl methyl sites for hydroxylation is 1. The average molecular weight is 458 g/mol. The van der Waals surface area contributed by atoms with E-state index in [0.29, 0.717) is 0 Å². The summed E-state index contributed by atoms with van der Waals surface area (Å²) in [6.07, 6.45) is 5.41. The summed E-state index contributed by atoms with van der Waals surface area (Å²) >= 11 is 6.91. The van der Waals surface area contributed by atoms with Crippen LogP contribution in [0.3, 0.4) is 0 Å². The predicted octanol–water partition coefficient (Wildman–Crippen LogP) is 6.51. The molecule has 0 aliphatic heterocycles. The molecule has 0 bridgehead atoms. The molecule has 4 heteroatoms. The van der Waals surface area contributed by atoms with Gasteiger partial charge in [0.2, 0.25) is 0 Å². The fourth-order valence-corrected chi connectivity index (χ4v) is 3.50. The highest BCUT2D eigenvalue weighted by atomic mass is 79.9. The van der Waals surface area contributed by atoms with Crippen LogP contribution in [-0.4, -0.2) is 23.9 Å². The van der Waals surface area contributed by atoms with Crippen molar-refractivity contribution in [3.8, 4) is 11.5 Å². The molecular weight excluding hydrogens is 432 g/mol. The second kappa shape index (κ2) is 11.0. The topological polar surface area (TPSA) is 18.5 Å². The SMILES string of the molecule is CCc1c(OCCCCBr)ccc2cc(OCCCCBr)ccc12. The molecule has 0 saturated heterocycles. The Hall–Kier alpha value is -0.740. The molecule has 0 amide bonds. The third kappa shape index (κ3) is 5.66. The van der Waals surface area contributed by atoms with E-state index in [9.17, 15) is 0 Å². The van der Waals surface area contributed by atoms with E-state index in [2.05, 4.69) is 69.1 Å². The van der Waals surface area contributed by atoms with Crippen molar-refractivity contribution in [1.29, 1.82) is 0 Å². The monoisotopic (exact) mass is 456 g/mol. The molecule has 2 nitrogen and oxygen atoms in total. The highest BCUT2D eigenvalue weighted by Gasteiger charge is 2.08. The zero-order valence-corrected chi connectivity index (χ0v) is 17.5. The van der Waals surface area contributed by atoms with Crippen molar-refractivity contribution in [3.05, 3.63) is 35.9 Å². The van der Waals surface area contributed by atoms with Crippen LogP contribution >= 0.6 is 31.9 Å². The zero-order valence-electron chi connectivity index (χ0n) is 14.3. The van der Waals surface area contributed by atoms with E-state index in [1.807, 2.05) is 0 Å². The Kier molecular flexibility index (Phi) is 8.97. The van der Waals surface area contributed by atoms with Gasteiger partial charge < -0.3 is 9.47 Å². The van der Waals surface area contributed by atoms with Gasteiger partial charge in [0.15, 0.2) is 0 Å². The van der Waals surface area contributed by atoms with Crippen molar-refractivity contribution in [2.24, 2.45) is 0 Å². The molecule has 0 radical (unpaired) electrons. The summed E-state index contributed by atoms with van der Waals surface area (Å²) in [7, 11) is 0. The maximum absolute atomic E-state index is 6.00. The number of ether oxygens (including phenoxy) is 2. The molecule has 0 spiro atoms. The van der Waals surface area contributed by atoms with Gasteiger partial charge in [-0.3, -0.25) is 0 Å². The van der Waals surface area contributed by atoms with Gasteiger partial charge in [-0.05, 0) is 61.1 Å². The van der Waals surface area contributed by atoms with Gasteiger partial charge in [-0.25, -0.2) is 0 Å². The number of halogens is 2. The number of alkyl halides is 2. The minimum atomic E-state index is 0.770. The van der Waals surface area contributed by atoms with E-state index >= 15 is 0 Å². The molecule has 0 heterocycles. The number of fused-ring (bicyclic) bond motifs is 1. The Labute approximate surface area is 162 Å². The summed E-state index contributed by atoms with van der Waals surface area (Å²) in [6, 6.07) is 10.6. The minimum Gasteiger partial charge on any atom is -0.494 e. The summed E-state index contributed by atoms with van der Waals surface area (Å²) < 4.78 is 11.9. The van der Waals surface area contributed by atoms with Crippen molar-refractivity contribution in [3.63, 3.8) is 0 Å². The number of rotatable bonds is 11. The molecule has 0 aliphatic carbocycles. The second-order valence-corrected chi connectivity index (χ2v) is 7.35. The molecule has 0 aliphatic rings. The Balaban J connectivity index is 2.10. The Morgan fingerprint density at radius 3 is 2.21 bits per heavy atom. The van der Waals surface area contributed by atoms with Crippen molar-refractivity contribution in [1.82, 2.24) is 0 Å². The summed E-state index contributed by atoms with van der Waals surface area (Å²) in [6.45, 7) is 3.73. The molecule has 2 aromatic rings. The van der Waals surface area contributed by atoms with Gasteiger partial charge in [0.1, 0.15) is 11.5 Å². The van der Waals surface area contributed by atoms with E-state index in [1.54, 1.807) is 0 Å². The van der Waals surface area contributed by atoms with Gasteiger partial charge in [-0.2, -0.15) is 0 Å². The standard InChI is InChI=1S/C20H26Br2O2/c1-2-18-19-9-8-17(23-13-5-3-11-21)15-16(19)7-10-20(18)24-14-6-4-12-22/h7-10,15H,2-6,11-14H2,1H3. The molecular formula is C20H26Br2O2. The zero-order chi connectivity index (χ0) is 17.2. The van der Waals surface area contributed by atoms with Crippen LogP contribution in [0.15, 0.2) is 30.3 Å². The van der Waals surface area contributed by atoms with E-state index in [1.165, 1.54) is 16.3 Å². The molecule has 2 rings (SSSR count). The van der Waals surface area contributed by atoms with Crippen LogP contribution in [0.2, 0.25) is 0 Å². The van der Waals surface area contributed by atoms with Crippen molar-refractivity contribution < 1.29 is 9.47 Å². The van der Waals surface area contributed by atoms with Gasteiger partial charge >= 0.3 is 0 Å². The van der Waals surface area contributed by atoms with Gasteiger partial charge in [-0.1, -0.05) is 50.9 Å². The molecule has 0 atom stereocenters. The fourth-order valence-electron chi connectivity index (χ4n) is 2.71. The van der Waals surface area contributed by atoms with Crippen LogP contribution in [0, 0.1) is 0 Å². The average Bonchev–Trinajstić information content (AvgIpc) is 2.62. The maximum Gasteiger partial charge on any atom is 0.123 e. The molecule has 0 N–H and O–H groups in total. The van der Waals surface area contributed by atoms with Crippen LogP contribution in [0.5, 0.6) is 11.5 Å². The van der Waals surface area contributed by atoms with E-state index < -0.39 is 0 Å². The molecule has 0 aromatic heterocycles. The van der Waals surface area contributed by atoms with E-state index in [0.717, 1.165) is 67.5 Å². The normalized spacial score (nSPS) is 11.0. The summed E-state index contributed by atoms with van der Waals surface area (Å²) in [5.41, 5.74) is 1.29. The lowest BCUT2D eigenvalue weighted by Crippen LogP contribution is -2.01. The van der Waals surface area contributed by atoms with Gasteiger partial charge in [0.25, 0.3) is 0 Å². The molecule has 24 heavy (non-hydrogen) atoms. The molecule has 0 unspecified atom stereocenters. The lowest BCUT2D eigenvalue weighted by atomic mass is 10.0. The quantitative estimate of drug-likeness (QED) is 0.282. The summed E-state index contributed by atoms with van der Waals surface area (Å²) in [5, 5.41) is 4.56. The first kappa shape index (κ1) is 19.6. The van der Waals surface area contributed by atoms with Gasteiger partial charge in [0.05, 0.1) is 13.2 Å². The third-order valence-corrected chi connectivity index (χ3v) is 5.12. The van der Waals surface area contributed by atoms with Crippen LogP contribution in [0.25, 0.3) is 10.8 Å². The number of hydrogen-bond donors (Lipinski definition) is 0. The second-order valence-electron chi connectivity index (χ2n) is 5.77. The fraction of sp³-hybridized carbons (Fsp3) is 0.500. The van der Waals surface area contributed by atoms with Gasteiger partial charge in [-0.15, -0.1) is 0 Å². The summed E-state index contributed by atoms with van der Waals surface area (Å²) in [5.74, 6) is 1.97. The minimum absolute atomic E-state index is 0.770. The molecule has 0 saturated carbocycles. The Morgan fingerprint density at radius 2 is 1.54 bits per heavy atom. The lowest BCUT2D eigenvalue weighted by Gasteiger charge is -2.14. The molecule has 0 fully saturated rings. The van der Waals surface area contributed by atoms with Crippen molar-refractivity contribution in [2.45, 2.75) is 39.0 Å². The van der Waals surface area contributed by atoms with Crippen molar-refractivity contribution in [2.75, 3.05) is 23.9 Å². The first-order chi connectivity index (χ1) is 11.8. The number of benzene rings is 2. The van der Waals surface area contributed by atoms with Crippen LogP contribution < -0.4 is 9.47 Å². The van der Waals surface area contributed by atoms with E-state index in [4.69, 9.17) is 9.47 Å². The van der Waals surface area contributed by atoms with Crippen LogP contribution in [0.1, 0.15) is 38.2 Å². The summed E-state index contributed by atoms with van der Waals surface area (Å²) in [4.78, 5) is 0.